The number of aromatic amines is 1. The fourth-order valence-corrected chi connectivity index (χ4v) is 4.62. The van der Waals surface area contributed by atoms with E-state index < -0.39 is 0 Å². The number of imidazole rings is 1. The first kappa shape index (κ1) is 19.4. The molecule has 0 bridgehead atoms. The highest BCUT2D eigenvalue weighted by atomic mass is 35.5. The topological polar surface area (TPSA) is 83.8 Å². The van der Waals surface area contributed by atoms with Gasteiger partial charge in [-0.05, 0) is 48.5 Å². The van der Waals surface area contributed by atoms with Gasteiger partial charge in [-0.15, -0.1) is 11.3 Å². The van der Waals surface area contributed by atoms with E-state index in [1.54, 1.807) is 24.3 Å². The standard InChI is InChI=1S/C24H17ClN4OS/c25-15-12-10-14(11-13-15)21(30)22-20(26)19(23-28-17-8-4-5-9-18(17)29-23)24(31-22)27-16-6-2-1-3-7-16/h1-13,27H,26H2,(H,28,29). The quantitative estimate of drug-likeness (QED) is 0.270. The van der Waals surface area contributed by atoms with Crippen molar-refractivity contribution in [2.24, 2.45) is 0 Å². The predicted molar refractivity (Wildman–Crippen MR) is 128 cm³/mol. The van der Waals surface area contributed by atoms with Gasteiger partial charge in [-0.2, -0.15) is 0 Å². The number of carbonyl (C=O) groups is 1. The number of nitrogens with one attached hydrogen (secondary N) is 2. The van der Waals surface area contributed by atoms with Crippen LogP contribution in [-0.4, -0.2) is 15.8 Å². The summed E-state index contributed by atoms with van der Waals surface area (Å²) < 4.78 is 0. The summed E-state index contributed by atoms with van der Waals surface area (Å²) >= 11 is 7.29. The van der Waals surface area contributed by atoms with E-state index in [9.17, 15) is 4.79 Å². The minimum atomic E-state index is -0.155. The molecule has 0 saturated heterocycles. The van der Waals surface area contributed by atoms with Gasteiger partial charge in [0, 0.05) is 16.3 Å². The number of benzene rings is 3. The highest BCUT2D eigenvalue weighted by Crippen LogP contribution is 2.44. The number of hydrogen-bond donors (Lipinski definition) is 3. The molecule has 0 fully saturated rings. The summed E-state index contributed by atoms with van der Waals surface area (Å²) in [6.07, 6.45) is 0. The molecule has 152 valence electrons. The van der Waals surface area contributed by atoms with Crippen LogP contribution in [0.4, 0.5) is 16.4 Å². The van der Waals surface area contributed by atoms with Gasteiger partial charge in [0.1, 0.15) is 15.7 Å². The number of H-pyrrole nitrogens is 1. The van der Waals surface area contributed by atoms with Gasteiger partial charge in [-0.3, -0.25) is 4.79 Å². The lowest BCUT2D eigenvalue weighted by Gasteiger charge is -2.06. The Kier molecular flexibility index (Phi) is 4.94. The van der Waals surface area contributed by atoms with Gasteiger partial charge in [0.2, 0.25) is 5.78 Å². The largest absolute Gasteiger partial charge is 0.397 e. The van der Waals surface area contributed by atoms with Crippen molar-refractivity contribution in [2.45, 2.75) is 0 Å². The lowest BCUT2D eigenvalue weighted by molar-refractivity contribution is 0.104. The number of hydrogen-bond acceptors (Lipinski definition) is 5. The van der Waals surface area contributed by atoms with Gasteiger partial charge in [0.05, 0.1) is 22.3 Å². The Bertz CT molecular complexity index is 1360. The Morgan fingerprint density at radius 3 is 2.42 bits per heavy atom. The number of para-hydroxylation sites is 3. The zero-order chi connectivity index (χ0) is 21.4. The van der Waals surface area contributed by atoms with Crippen molar-refractivity contribution in [3.05, 3.63) is 94.3 Å². The number of nitrogen functional groups attached to an aromatic ring is 1. The second kappa shape index (κ2) is 7.91. The smallest absolute Gasteiger partial charge is 0.205 e. The summed E-state index contributed by atoms with van der Waals surface area (Å²) in [5.74, 6) is 0.459. The van der Waals surface area contributed by atoms with E-state index >= 15 is 0 Å². The zero-order valence-corrected chi connectivity index (χ0v) is 17.8. The average Bonchev–Trinajstić information content (AvgIpc) is 3.35. The monoisotopic (exact) mass is 444 g/mol. The third-order valence-corrected chi connectivity index (χ3v) is 6.29. The number of fused-ring (bicyclic) bond motifs is 1. The van der Waals surface area contributed by atoms with E-state index in [0.29, 0.717) is 32.5 Å². The Hall–Kier alpha value is -3.61. The van der Waals surface area contributed by atoms with Crippen LogP contribution in [0.5, 0.6) is 0 Å². The third-order valence-electron chi connectivity index (χ3n) is 4.92. The Morgan fingerprint density at radius 2 is 1.68 bits per heavy atom. The SMILES string of the molecule is Nc1c(C(=O)c2ccc(Cl)cc2)sc(Nc2ccccc2)c1-c1nc2ccccc2[nH]1. The van der Waals surface area contributed by atoms with Crippen molar-refractivity contribution in [1.82, 2.24) is 9.97 Å². The van der Waals surface area contributed by atoms with E-state index in [2.05, 4.69) is 10.3 Å². The molecule has 5 rings (SSSR count). The van der Waals surface area contributed by atoms with Gasteiger partial charge >= 0.3 is 0 Å². The number of thiophene rings is 1. The lowest BCUT2D eigenvalue weighted by atomic mass is 10.1. The van der Waals surface area contributed by atoms with Crippen LogP contribution in [0.1, 0.15) is 15.2 Å². The first-order valence-corrected chi connectivity index (χ1v) is 10.8. The number of ketones is 1. The number of aromatic nitrogens is 2. The van der Waals surface area contributed by atoms with E-state index in [0.717, 1.165) is 21.7 Å². The summed E-state index contributed by atoms with van der Waals surface area (Å²) in [6.45, 7) is 0. The molecule has 0 spiro atoms. The van der Waals surface area contributed by atoms with Crippen LogP contribution in [0.3, 0.4) is 0 Å². The van der Waals surface area contributed by atoms with Crippen LogP contribution < -0.4 is 11.1 Å². The van der Waals surface area contributed by atoms with Gasteiger partial charge < -0.3 is 16.0 Å². The van der Waals surface area contributed by atoms with Crippen LogP contribution in [0, 0.1) is 0 Å². The maximum Gasteiger partial charge on any atom is 0.205 e. The molecule has 3 aromatic carbocycles. The van der Waals surface area contributed by atoms with E-state index in [1.807, 2.05) is 54.6 Å². The van der Waals surface area contributed by atoms with Crippen LogP contribution >= 0.6 is 22.9 Å². The predicted octanol–water partition coefficient (Wildman–Crippen LogP) is 6.50. The molecule has 0 amide bonds. The van der Waals surface area contributed by atoms with Crippen molar-refractivity contribution < 1.29 is 4.79 Å². The Balaban J connectivity index is 1.65. The fourth-order valence-electron chi connectivity index (χ4n) is 3.39. The number of nitrogens with zero attached hydrogens (tertiary/aromatic N) is 1. The lowest BCUT2D eigenvalue weighted by Crippen LogP contribution is -2.02. The van der Waals surface area contributed by atoms with Crippen molar-refractivity contribution >= 4 is 56.1 Å². The molecule has 0 saturated carbocycles. The number of rotatable bonds is 5. The average molecular weight is 445 g/mol. The summed E-state index contributed by atoms with van der Waals surface area (Å²) in [7, 11) is 0. The minimum Gasteiger partial charge on any atom is -0.397 e. The van der Waals surface area contributed by atoms with Gasteiger partial charge in [-0.25, -0.2) is 4.98 Å². The molecule has 0 aliphatic heterocycles. The van der Waals surface area contributed by atoms with Gasteiger partial charge in [0.25, 0.3) is 0 Å². The molecule has 4 N–H and O–H groups in total. The second-order valence-corrected chi connectivity index (χ2v) is 8.44. The van der Waals surface area contributed by atoms with Crippen molar-refractivity contribution in [1.29, 1.82) is 0 Å². The Labute approximate surface area is 187 Å². The molecule has 2 aromatic heterocycles. The van der Waals surface area contributed by atoms with Crippen molar-refractivity contribution in [3.8, 4) is 11.4 Å². The highest BCUT2D eigenvalue weighted by Gasteiger charge is 2.25. The van der Waals surface area contributed by atoms with Crippen LogP contribution in [-0.2, 0) is 0 Å². The normalized spacial score (nSPS) is 11.0. The van der Waals surface area contributed by atoms with Crippen LogP contribution in [0.15, 0.2) is 78.9 Å². The highest BCUT2D eigenvalue weighted by molar-refractivity contribution is 7.19. The number of halogens is 1. The van der Waals surface area contributed by atoms with Gasteiger partial charge in [0.15, 0.2) is 0 Å². The van der Waals surface area contributed by atoms with Crippen molar-refractivity contribution in [2.75, 3.05) is 11.1 Å². The first-order valence-electron chi connectivity index (χ1n) is 9.60. The third kappa shape index (κ3) is 3.67. The summed E-state index contributed by atoms with van der Waals surface area (Å²) in [4.78, 5) is 21.7. The first-order chi connectivity index (χ1) is 15.1. The molecule has 0 radical (unpaired) electrons. The number of anilines is 3. The summed E-state index contributed by atoms with van der Waals surface area (Å²) in [6, 6.07) is 24.3. The molecule has 5 nitrogen and oxygen atoms in total. The Morgan fingerprint density at radius 1 is 0.968 bits per heavy atom. The van der Waals surface area contributed by atoms with Crippen LogP contribution in [0.25, 0.3) is 22.4 Å². The minimum absolute atomic E-state index is 0.155. The molecule has 7 heteroatoms. The van der Waals surface area contributed by atoms with Crippen molar-refractivity contribution in [3.63, 3.8) is 0 Å². The summed E-state index contributed by atoms with van der Waals surface area (Å²) in [5, 5.41) is 4.72. The summed E-state index contributed by atoms with van der Waals surface area (Å²) in [5.41, 5.74) is 10.8. The second-order valence-electron chi connectivity index (χ2n) is 6.98. The number of nitrogens with two attached hydrogens (primary N) is 1. The molecule has 0 unspecified atom stereocenters. The number of carbonyl (C=O) groups excluding carboxylic acids is 1. The molecule has 0 aliphatic rings. The van der Waals surface area contributed by atoms with Crippen LogP contribution in [0.2, 0.25) is 5.02 Å². The molecule has 5 aromatic rings. The zero-order valence-electron chi connectivity index (χ0n) is 16.2. The van der Waals surface area contributed by atoms with E-state index in [-0.39, 0.29) is 5.78 Å². The molecule has 2 heterocycles. The van der Waals surface area contributed by atoms with Gasteiger partial charge in [-0.1, -0.05) is 41.9 Å². The van der Waals surface area contributed by atoms with E-state index in [4.69, 9.17) is 22.3 Å². The molecule has 0 atom stereocenters. The molecular weight excluding hydrogens is 428 g/mol. The molecule has 31 heavy (non-hydrogen) atoms. The maximum atomic E-state index is 13.2. The fraction of sp³-hybridized carbons (Fsp3) is 0. The maximum absolute atomic E-state index is 13.2. The molecule has 0 aliphatic carbocycles. The van der Waals surface area contributed by atoms with E-state index in [1.165, 1.54) is 11.3 Å². The molecular formula is C24H17ClN4OS.